The largest absolute Gasteiger partial charge is 0.462 e. The van der Waals surface area contributed by atoms with Crippen LogP contribution in [0.25, 0.3) is 0 Å². The lowest BCUT2D eigenvalue weighted by molar-refractivity contribution is -0.159. The molecule has 1 aliphatic rings. The van der Waals surface area contributed by atoms with Gasteiger partial charge >= 0.3 is 5.97 Å². The summed E-state index contributed by atoms with van der Waals surface area (Å²) in [6.07, 6.45) is 1.39. The van der Waals surface area contributed by atoms with Gasteiger partial charge < -0.3 is 4.74 Å². The topological polar surface area (TPSA) is 46.6 Å². The third kappa shape index (κ3) is 3.55. The molecule has 0 unspecified atom stereocenters. The zero-order chi connectivity index (χ0) is 14.1. The summed E-state index contributed by atoms with van der Waals surface area (Å²) in [5, 5.41) is 0. The molecule has 0 amide bonds. The summed E-state index contributed by atoms with van der Waals surface area (Å²) in [7, 11) is 2.10. The first kappa shape index (κ1) is 15.2. The molecule has 1 aliphatic heterocycles. The highest BCUT2D eigenvalue weighted by Crippen LogP contribution is 2.38. The van der Waals surface area contributed by atoms with E-state index in [0.717, 1.165) is 12.8 Å². The second kappa shape index (κ2) is 5.00. The van der Waals surface area contributed by atoms with Crippen molar-refractivity contribution in [1.82, 2.24) is 4.90 Å². The van der Waals surface area contributed by atoms with Gasteiger partial charge in [0.25, 0.3) is 0 Å². The van der Waals surface area contributed by atoms with Crippen LogP contribution in [0.5, 0.6) is 0 Å². The number of likely N-dealkylation sites (tertiary alicyclic amines) is 1. The first-order valence-electron chi connectivity index (χ1n) is 6.47. The number of nitrogens with zero attached hydrogens (tertiary/aromatic N) is 1. The Kier molecular flexibility index (Phi) is 4.21. The van der Waals surface area contributed by atoms with Gasteiger partial charge in [0.2, 0.25) is 0 Å². The van der Waals surface area contributed by atoms with Crippen LogP contribution in [0.1, 0.15) is 53.9 Å². The van der Waals surface area contributed by atoms with Crippen LogP contribution in [0.15, 0.2) is 0 Å². The number of carbonyl (C=O) groups is 2. The van der Waals surface area contributed by atoms with Crippen molar-refractivity contribution in [1.29, 1.82) is 0 Å². The minimum atomic E-state index is -0.399. The summed E-state index contributed by atoms with van der Waals surface area (Å²) in [6, 6.07) is 0. The highest BCUT2D eigenvalue weighted by Gasteiger charge is 2.44. The lowest BCUT2D eigenvalue weighted by atomic mass is 9.79. The summed E-state index contributed by atoms with van der Waals surface area (Å²) >= 11 is 0. The third-order valence-electron chi connectivity index (χ3n) is 3.96. The molecule has 0 atom stereocenters. The third-order valence-corrected chi connectivity index (χ3v) is 3.96. The second-order valence-corrected chi connectivity index (χ2v) is 6.58. The van der Waals surface area contributed by atoms with Crippen molar-refractivity contribution in [3.05, 3.63) is 0 Å². The van der Waals surface area contributed by atoms with Crippen molar-refractivity contribution >= 4 is 11.8 Å². The molecule has 4 heteroatoms. The van der Waals surface area contributed by atoms with Crippen molar-refractivity contribution in [2.75, 3.05) is 7.05 Å². The number of carbonyl (C=O) groups excluding carboxylic acids is 2. The Labute approximate surface area is 110 Å². The lowest BCUT2D eigenvalue weighted by Gasteiger charge is -2.53. The Bertz CT molecular complexity index is 329. The predicted octanol–water partition coefficient (Wildman–Crippen LogP) is 2.16. The van der Waals surface area contributed by atoms with Gasteiger partial charge in [0.1, 0.15) is 18.3 Å². The monoisotopic (exact) mass is 255 g/mol. The molecule has 4 nitrogen and oxygen atoms in total. The fourth-order valence-corrected chi connectivity index (χ4v) is 2.79. The van der Waals surface area contributed by atoms with Crippen LogP contribution in [0, 0.1) is 0 Å². The van der Waals surface area contributed by atoms with Crippen LogP contribution < -0.4 is 0 Å². The van der Waals surface area contributed by atoms with E-state index in [0.29, 0.717) is 0 Å². The molecule has 0 saturated carbocycles. The number of piperidine rings is 1. The van der Waals surface area contributed by atoms with E-state index in [1.54, 1.807) is 0 Å². The maximum absolute atomic E-state index is 11.6. The summed E-state index contributed by atoms with van der Waals surface area (Å²) < 4.78 is 5.44. The molecule has 104 valence electrons. The molecule has 0 N–H and O–H groups in total. The molecule has 18 heavy (non-hydrogen) atoms. The zero-order valence-electron chi connectivity index (χ0n) is 12.4. The fourth-order valence-electron chi connectivity index (χ4n) is 2.79. The van der Waals surface area contributed by atoms with Crippen molar-refractivity contribution in [3.8, 4) is 0 Å². The van der Waals surface area contributed by atoms with Gasteiger partial charge in [0, 0.05) is 23.9 Å². The number of Topliss-reactive ketones (excluding diaryl/α,β-unsaturated/α-hetero) is 1. The van der Waals surface area contributed by atoms with E-state index in [1.807, 2.05) is 0 Å². The zero-order valence-corrected chi connectivity index (χ0v) is 12.4. The summed E-state index contributed by atoms with van der Waals surface area (Å²) in [5.74, 6) is -0.546. The van der Waals surface area contributed by atoms with Gasteiger partial charge in [-0.25, -0.2) is 0 Å². The molecule has 1 heterocycles. The highest BCUT2D eigenvalue weighted by atomic mass is 16.5. The molecule has 1 saturated heterocycles. The average Bonchev–Trinajstić information content (AvgIpc) is 2.11. The molecular weight excluding hydrogens is 230 g/mol. The maximum atomic E-state index is 11.6. The Balaban J connectivity index is 2.69. The Hall–Kier alpha value is -0.900. The van der Waals surface area contributed by atoms with Crippen LogP contribution in [-0.4, -0.2) is 40.9 Å². The van der Waals surface area contributed by atoms with Gasteiger partial charge in [-0.2, -0.15) is 0 Å². The van der Waals surface area contributed by atoms with E-state index in [9.17, 15) is 9.59 Å². The second-order valence-electron chi connectivity index (χ2n) is 6.58. The molecule has 0 bridgehead atoms. The van der Waals surface area contributed by atoms with Gasteiger partial charge in [-0.15, -0.1) is 0 Å². The first-order chi connectivity index (χ1) is 8.04. The van der Waals surface area contributed by atoms with E-state index < -0.39 is 5.97 Å². The van der Waals surface area contributed by atoms with E-state index in [2.05, 4.69) is 39.6 Å². The molecule has 0 radical (unpaired) electrons. The molecule has 0 aromatic carbocycles. The molecule has 0 spiro atoms. The van der Waals surface area contributed by atoms with Gasteiger partial charge in [0.15, 0.2) is 0 Å². The number of hydrogen-bond acceptors (Lipinski definition) is 4. The maximum Gasteiger partial charge on any atom is 0.313 e. The Morgan fingerprint density at radius 1 is 1.17 bits per heavy atom. The van der Waals surface area contributed by atoms with Crippen LogP contribution >= 0.6 is 0 Å². The normalized spacial score (nSPS) is 23.7. The van der Waals surface area contributed by atoms with Gasteiger partial charge in [-0.05, 0) is 41.7 Å². The molecule has 0 aliphatic carbocycles. The highest BCUT2D eigenvalue weighted by molar-refractivity contribution is 5.94. The van der Waals surface area contributed by atoms with Crippen LogP contribution in [0.4, 0.5) is 0 Å². The summed E-state index contributed by atoms with van der Waals surface area (Å²) in [6.45, 7) is 10.0. The molecule has 0 aromatic heterocycles. The van der Waals surface area contributed by atoms with E-state index in [1.165, 1.54) is 6.92 Å². The summed E-state index contributed by atoms with van der Waals surface area (Å²) in [5.41, 5.74) is -0.0220. The van der Waals surface area contributed by atoms with E-state index in [-0.39, 0.29) is 29.4 Å². The summed E-state index contributed by atoms with van der Waals surface area (Å²) in [4.78, 5) is 24.8. The van der Waals surface area contributed by atoms with Crippen LogP contribution in [-0.2, 0) is 14.3 Å². The number of esters is 1. The molecule has 0 aromatic rings. The van der Waals surface area contributed by atoms with Crippen molar-refractivity contribution in [3.63, 3.8) is 0 Å². The number of ether oxygens (including phenoxy) is 1. The van der Waals surface area contributed by atoms with Crippen molar-refractivity contribution in [2.45, 2.75) is 71.1 Å². The predicted molar refractivity (Wildman–Crippen MR) is 70.3 cm³/mol. The quantitative estimate of drug-likeness (QED) is 0.572. The average molecular weight is 255 g/mol. The number of ketones is 1. The van der Waals surface area contributed by atoms with Gasteiger partial charge in [-0.1, -0.05) is 0 Å². The number of hydrogen-bond donors (Lipinski definition) is 0. The molecule has 1 rings (SSSR count). The van der Waals surface area contributed by atoms with E-state index >= 15 is 0 Å². The Morgan fingerprint density at radius 2 is 1.61 bits per heavy atom. The first-order valence-corrected chi connectivity index (χ1v) is 6.47. The van der Waals surface area contributed by atoms with Crippen LogP contribution in [0.3, 0.4) is 0 Å². The van der Waals surface area contributed by atoms with Gasteiger partial charge in [0.05, 0.1) is 0 Å². The lowest BCUT2D eigenvalue weighted by Crippen LogP contribution is -2.60. The standard InChI is InChI=1S/C14H25NO3/c1-10(16)7-12(17)18-11-8-13(2,3)15(6)14(4,5)9-11/h11H,7-9H2,1-6H3. The minimum absolute atomic E-state index is 0.0110. The van der Waals surface area contributed by atoms with Crippen molar-refractivity contribution < 1.29 is 14.3 Å². The molecular formula is C14H25NO3. The minimum Gasteiger partial charge on any atom is -0.462 e. The van der Waals surface area contributed by atoms with E-state index in [4.69, 9.17) is 4.74 Å². The smallest absolute Gasteiger partial charge is 0.313 e. The number of rotatable bonds is 3. The molecule has 1 fully saturated rings. The van der Waals surface area contributed by atoms with Gasteiger partial charge in [-0.3, -0.25) is 14.5 Å². The SMILES string of the molecule is CC(=O)CC(=O)OC1CC(C)(C)N(C)C(C)(C)C1. The Morgan fingerprint density at radius 3 is 2.00 bits per heavy atom. The fraction of sp³-hybridized carbons (Fsp3) is 0.857. The van der Waals surface area contributed by atoms with Crippen molar-refractivity contribution in [2.24, 2.45) is 0 Å². The van der Waals surface area contributed by atoms with Crippen LogP contribution in [0.2, 0.25) is 0 Å².